The van der Waals surface area contributed by atoms with Gasteiger partial charge in [0.1, 0.15) is 5.69 Å². The van der Waals surface area contributed by atoms with Gasteiger partial charge in [-0.25, -0.2) is 4.98 Å². The zero-order valence-electron chi connectivity index (χ0n) is 8.87. The number of rotatable bonds is 3. The Bertz CT molecular complexity index is 521. The monoisotopic (exact) mass is 230 g/mol. The molecule has 2 heterocycles. The largest absolute Gasteiger partial charge is 0.366 e. The molecular formula is C10H10N6O. The van der Waals surface area contributed by atoms with Crippen molar-refractivity contribution in [3.05, 3.63) is 41.5 Å². The van der Waals surface area contributed by atoms with Crippen LogP contribution in [-0.4, -0.2) is 26.1 Å². The van der Waals surface area contributed by atoms with Crippen LogP contribution in [0.3, 0.4) is 0 Å². The summed E-state index contributed by atoms with van der Waals surface area (Å²) in [7, 11) is 0. The van der Waals surface area contributed by atoms with E-state index in [0.29, 0.717) is 12.1 Å². The van der Waals surface area contributed by atoms with Gasteiger partial charge in [-0.15, -0.1) is 10.2 Å². The summed E-state index contributed by atoms with van der Waals surface area (Å²) >= 11 is 0. The van der Waals surface area contributed by atoms with Gasteiger partial charge < -0.3 is 11.5 Å². The summed E-state index contributed by atoms with van der Waals surface area (Å²) in [6, 6.07) is 3.32. The standard InChI is InChI=1S/C10H10N6O/c11-9(17)8-2-1-6(4-13-8)3-7-5-14-10(12)16-15-7/h1-2,4-5H,3H2,(H2,11,17)(H2,12,14,16). The third-order valence-electron chi connectivity index (χ3n) is 2.09. The number of anilines is 1. The second-order valence-electron chi connectivity index (χ2n) is 3.40. The Labute approximate surface area is 96.9 Å². The molecule has 0 spiro atoms. The number of carbonyl (C=O) groups is 1. The van der Waals surface area contributed by atoms with E-state index in [0.717, 1.165) is 5.56 Å². The number of primary amides is 1. The maximum atomic E-state index is 10.8. The second-order valence-corrected chi connectivity index (χ2v) is 3.40. The van der Waals surface area contributed by atoms with Crippen molar-refractivity contribution in [1.82, 2.24) is 20.2 Å². The topological polar surface area (TPSA) is 121 Å². The second kappa shape index (κ2) is 4.52. The maximum Gasteiger partial charge on any atom is 0.267 e. The molecule has 0 unspecified atom stereocenters. The minimum absolute atomic E-state index is 0.135. The number of carbonyl (C=O) groups excluding carboxylic acids is 1. The first-order valence-corrected chi connectivity index (χ1v) is 4.84. The van der Waals surface area contributed by atoms with Crippen molar-refractivity contribution in [2.75, 3.05) is 5.73 Å². The normalized spacial score (nSPS) is 10.1. The summed E-state index contributed by atoms with van der Waals surface area (Å²) in [4.78, 5) is 18.6. The number of aromatic nitrogens is 4. The van der Waals surface area contributed by atoms with Crippen LogP contribution in [0.15, 0.2) is 24.5 Å². The Morgan fingerprint density at radius 3 is 2.53 bits per heavy atom. The van der Waals surface area contributed by atoms with Gasteiger partial charge in [0.25, 0.3) is 5.91 Å². The average molecular weight is 230 g/mol. The van der Waals surface area contributed by atoms with Crippen LogP contribution in [0.25, 0.3) is 0 Å². The first kappa shape index (κ1) is 10.9. The molecular weight excluding hydrogens is 220 g/mol. The fraction of sp³-hybridized carbons (Fsp3) is 0.100. The van der Waals surface area contributed by atoms with Crippen LogP contribution in [0.5, 0.6) is 0 Å². The summed E-state index contributed by atoms with van der Waals surface area (Å²) < 4.78 is 0. The van der Waals surface area contributed by atoms with E-state index in [1.165, 1.54) is 0 Å². The highest BCUT2D eigenvalue weighted by Gasteiger charge is 2.03. The predicted molar refractivity (Wildman–Crippen MR) is 59.8 cm³/mol. The molecule has 7 nitrogen and oxygen atoms in total. The number of hydrogen-bond donors (Lipinski definition) is 2. The first-order chi connectivity index (χ1) is 8.15. The number of amides is 1. The van der Waals surface area contributed by atoms with Crippen molar-refractivity contribution in [3.63, 3.8) is 0 Å². The van der Waals surface area contributed by atoms with E-state index in [2.05, 4.69) is 20.2 Å². The molecule has 0 aliphatic heterocycles. The fourth-order valence-corrected chi connectivity index (χ4v) is 1.27. The molecule has 7 heteroatoms. The molecule has 17 heavy (non-hydrogen) atoms. The lowest BCUT2D eigenvalue weighted by Gasteiger charge is -2.00. The number of hydrogen-bond acceptors (Lipinski definition) is 6. The van der Waals surface area contributed by atoms with E-state index in [9.17, 15) is 4.79 Å². The van der Waals surface area contributed by atoms with Gasteiger partial charge in [-0.1, -0.05) is 6.07 Å². The first-order valence-electron chi connectivity index (χ1n) is 4.84. The van der Waals surface area contributed by atoms with Crippen LogP contribution >= 0.6 is 0 Å². The Kier molecular flexibility index (Phi) is 2.91. The van der Waals surface area contributed by atoms with Crippen LogP contribution < -0.4 is 11.5 Å². The van der Waals surface area contributed by atoms with Crippen molar-refractivity contribution < 1.29 is 4.79 Å². The van der Waals surface area contributed by atoms with E-state index in [1.54, 1.807) is 24.5 Å². The lowest BCUT2D eigenvalue weighted by Crippen LogP contribution is -2.12. The fourth-order valence-electron chi connectivity index (χ4n) is 1.27. The third-order valence-corrected chi connectivity index (χ3v) is 2.09. The highest BCUT2D eigenvalue weighted by molar-refractivity contribution is 5.90. The Morgan fingerprint density at radius 2 is 2.00 bits per heavy atom. The van der Waals surface area contributed by atoms with Gasteiger partial charge >= 0.3 is 0 Å². The van der Waals surface area contributed by atoms with Crippen LogP contribution in [0.1, 0.15) is 21.7 Å². The van der Waals surface area contributed by atoms with Gasteiger partial charge in [-0.2, -0.15) is 0 Å². The molecule has 0 saturated carbocycles. The van der Waals surface area contributed by atoms with Crippen LogP contribution in [0.4, 0.5) is 5.95 Å². The average Bonchev–Trinajstić information content (AvgIpc) is 2.33. The molecule has 0 radical (unpaired) electrons. The molecule has 0 aliphatic rings. The number of nitrogens with zero attached hydrogens (tertiary/aromatic N) is 4. The van der Waals surface area contributed by atoms with Crippen LogP contribution in [-0.2, 0) is 6.42 Å². The summed E-state index contributed by atoms with van der Waals surface area (Å²) in [5, 5.41) is 7.52. The highest BCUT2D eigenvalue weighted by atomic mass is 16.1. The van der Waals surface area contributed by atoms with Crippen LogP contribution in [0.2, 0.25) is 0 Å². The molecule has 0 aliphatic carbocycles. The summed E-state index contributed by atoms with van der Waals surface area (Å²) in [5.41, 5.74) is 12.2. The van der Waals surface area contributed by atoms with Crippen molar-refractivity contribution in [2.24, 2.45) is 5.73 Å². The van der Waals surface area contributed by atoms with E-state index in [-0.39, 0.29) is 11.6 Å². The molecule has 0 atom stereocenters. The molecule has 0 aromatic carbocycles. The maximum absolute atomic E-state index is 10.8. The van der Waals surface area contributed by atoms with Crippen molar-refractivity contribution in [3.8, 4) is 0 Å². The zero-order valence-corrected chi connectivity index (χ0v) is 8.87. The Morgan fingerprint density at radius 1 is 1.18 bits per heavy atom. The number of nitrogen functional groups attached to an aromatic ring is 1. The van der Waals surface area contributed by atoms with Gasteiger partial charge in [0.15, 0.2) is 0 Å². The van der Waals surface area contributed by atoms with Crippen LogP contribution in [0, 0.1) is 0 Å². The predicted octanol–water partition coefficient (Wildman–Crippen LogP) is -0.462. The van der Waals surface area contributed by atoms with Gasteiger partial charge in [0, 0.05) is 12.6 Å². The minimum atomic E-state index is -0.550. The Hall–Kier alpha value is -2.57. The molecule has 2 rings (SSSR count). The summed E-state index contributed by atoms with van der Waals surface area (Å²) in [6.45, 7) is 0. The third kappa shape index (κ3) is 2.71. The quantitative estimate of drug-likeness (QED) is 0.735. The summed E-state index contributed by atoms with van der Waals surface area (Å²) in [5.74, 6) is -0.415. The molecule has 2 aromatic heterocycles. The lowest BCUT2D eigenvalue weighted by molar-refractivity contribution is 0.0995. The van der Waals surface area contributed by atoms with E-state index >= 15 is 0 Å². The molecule has 4 N–H and O–H groups in total. The molecule has 1 amide bonds. The van der Waals surface area contributed by atoms with E-state index in [4.69, 9.17) is 11.5 Å². The molecule has 0 fully saturated rings. The van der Waals surface area contributed by atoms with Gasteiger partial charge in [-0.3, -0.25) is 9.78 Å². The van der Waals surface area contributed by atoms with E-state index in [1.807, 2.05) is 0 Å². The molecule has 0 bridgehead atoms. The molecule has 0 saturated heterocycles. The van der Waals surface area contributed by atoms with Gasteiger partial charge in [-0.05, 0) is 11.6 Å². The SMILES string of the molecule is NC(=O)c1ccc(Cc2cnc(N)nn2)cn1. The molecule has 2 aromatic rings. The molecule has 86 valence electrons. The smallest absolute Gasteiger partial charge is 0.267 e. The van der Waals surface area contributed by atoms with Crippen molar-refractivity contribution in [2.45, 2.75) is 6.42 Å². The number of pyridine rings is 1. The zero-order chi connectivity index (χ0) is 12.3. The van der Waals surface area contributed by atoms with E-state index < -0.39 is 5.91 Å². The summed E-state index contributed by atoms with van der Waals surface area (Å²) in [6.07, 6.45) is 3.63. The highest BCUT2D eigenvalue weighted by Crippen LogP contribution is 2.05. The van der Waals surface area contributed by atoms with Gasteiger partial charge in [0.05, 0.1) is 11.9 Å². The lowest BCUT2D eigenvalue weighted by atomic mass is 10.1. The minimum Gasteiger partial charge on any atom is -0.366 e. The number of nitrogens with two attached hydrogens (primary N) is 2. The Balaban J connectivity index is 2.13. The van der Waals surface area contributed by atoms with Crippen molar-refractivity contribution in [1.29, 1.82) is 0 Å². The van der Waals surface area contributed by atoms with Crippen molar-refractivity contribution >= 4 is 11.9 Å². The van der Waals surface area contributed by atoms with Gasteiger partial charge in [0.2, 0.25) is 5.95 Å².